The molecule has 0 amide bonds. The predicted molar refractivity (Wildman–Crippen MR) is 73.3 cm³/mol. The highest BCUT2D eigenvalue weighted by Gasteiger charge is 2.30. The summed E-state index contributed by atoms with van der Waals surface area (Å²) in [7, 11) is 0. The maximum Gasteiger partial charge on any atom is 0.241 e. The van der Waals surface area contributed by atoms with E-state index in [2.05, 4.69) is 33.3 Å². The molecule has 3 aromatic heterocycles. The number of hydrogen-bond donors (Lipinski definition) is 0. The molecule has 7 heteroatoms. The van der Waals surface area contributed by atoms with Gasteiger partial charge >= 0.3 is 0 Å². The monoisotopic (exact) mass is 285 g/mol. The van der Waals surface area contributed by atoms with Crippen LogP contribution in [-0.4, -0.2) is 37.9 Å². The van der Waals surface area contributed by atoms with Crippen molar-refractivity contribution in [2.45, 2.75) is 19.5 Å². The summed E-state index contributed by atoms with van der Waals surface area (Å²) < 4.78 is 12.3. The highest BCUT2D eigenvalue weighted by atomic mass is 16.5. The molecule has 1 aliphatic rings. The molecule has 4 heterocycles. The van der Waals surface area contributed by atoms with Crippen LogP contribution in [0, 0.1) is 6.92 Å². The predicted octanol–water partition coefficient (Wildman–Crippen LogP) is 1.89. The Morgan fingerprint density at radius 1 is 1.38 bits per heavy atom. The van der Waals surface area contributed by atoms with E-state index in [1.165, 1.54) is 5.56 Å². The Bertz CT molecular complexity index is 724. The molecule has 0 unspecified atom stereocenters. The van der Waals surface area contributed by atoms with E-state index in [1.807, 2.05) is 16.9 Å². The third kappa shape index (κ3) is 2.36. The number of aryl methyl sites for hydroxylation is 1. The van der Waals surface area contributed by atoms with Gasteiger partial charge in [-0.1, -0.05) is 5.16 Å². The zero-order valence-corrected chi connectivity index (χ0v) is 11.6. The van der Waals surface area contributed by atoms with Crippen molar-refractivity contribution in [3.05, 3.63) is 42.4 Å². The zero-order chi connectivity index (χ0) is 14.2. The summed E-state index contributed by atoms with van der Waals surface area (Å²) in [4.78, 5) is 6.63. The van der Waals surface area contributed by atoms with E-state index in [-0.39, 0.29) is 0 Å². The molecule has 7 nitrogen and oxygen atoms in total. The minimum Gasteiger partial charge on any atom is -0.472 e. The summed E-state index contributed by atoms with van der Waals surface area (Å²) in [5.74, 6) is 1.19. The number of aromatic nitrogens is 4. The first-order valence-electron chi connectivity index (χ1n) is 6.86. The first kappa shape index (κ1) is 12.3. The Balaban J connectivity index is 1.36. The SMILES string of the molecule is Cc1cnn(C2CN(Cc3nc(-c4ccoc4)no3)C2)c1. The molecule has 0 aromatic carbocycles. The van der Waals surface area contributed by atoms with Crippen LogP contribution in [0.4, 0.5) is 0 Å². The summed E-state index contributed by atoms with van der Waals surface area (Å²) >= 11 is 0. The fourth-order valence-corrected chi connectivity index (χ4v) is 2.49. The van der Waals surface area contributed by atoms with Crippen molar-refractivity contribution in [1.29, 1.82) is 0 Å². The normalized spacial score (nSPS) is 16.2. The van der Waals surface area contributed by atoms with Gasteiger partial charge in [-0.2, -0.15) is 10.1 Å². The van der Waals surface area contributed by atoms with Crippen molar-refractivity contribution in [3.63, 3.8) is 0 Å². The Kier molecular flexibility index (Phi) is 2.85. The first-order chi connectivity index (χ1) is 10.3. The Morgan fingerprint density at radius 2 is 2.29 bits per heavy atom. The lowest BCUT2D eigenvalue weighted by molar-refractivity contribution is 0.0790. The Hall–Kier alpha value is -2.41. The molecule has 1 saturated heterocycles. The van der Waals surface area contributed by atoms with Gasteiger partial charge in [0.15, 0.2) is 0 Å². The number of rotatable bonds is 4. The second-order valence-corrected chi connectivity index (χ2v) is 5.37. The highest BCUT2D eigenvalue weighted by Crippen LogP contribution is 2.23. The average Bonchev–Trinajstić information content (AvgIpc) is 3.14. The summed E-state index contributed by atoms with van der Waals surface area (Å²) in [6, 6.07) is 2.25. The van der Waals surface area contributed by atoms with Crippen molar-refractivity contribution in [2.75, 3.05) is 13.1 Å². The molecule has 0 N–H and O–H groups in total. The molecule has 21 heavy (non-hydrogen) atoms. The van der Waals surface area contributed by atoms with Gasteiger partial charge < -0.3 is 8.94 Å². The molecule has 0 atom stereocenters. The van der Waals surface area contributed by atoms with Crippen LogP contribution in [0.25, 0.3) is 11.4 Å². The molecule has 1 fully saturated rings. The maximum atomic E-state index is 5.27. The van der Waals surface area contributed by atoms with E-state index in [4.69, 9.17) is 8.94 Å². The Labute approximate surface area is 121 Å². The highest BCUT2D eigenvalue weighted by molar-refractivity contribution is 5.51. The van der Waals surface area contributed by atoms with Crippen molar-refractivity contribution in [2.24, 2.45) is 0 Å². The lowest BCUT2D eigenvalue weighted by Gasteiger charge is -2.38. The van der Waals surface area contributed by atoms with Crippen LogP contribution in [0.2, 0.25) is 0 Å². The smallest absolute Gasteiger partial charge is 0.241 e. The number of likely N-dealkylation sites (tertiary alicyclic amines) is 1. The van der Waals surface area contributed by atoms with Crippen LogP contribution in [0.1, 0.15) is 17.5 Å². The lowest BCUT2D eigenvalue weighted by atomic mass is 10.1. The third-order valence-electron chi connectivity index (χ3n) is 3.65. The van der Waals surface area contributed by atoms with Gasteiger partial charge in [0, 0.05) is 19.3 Å². The standard InChI is InChI=1S/C14H15N5O2/c1-10-4-15-19(5-10)12-6-18(7-12)8-13-16-14(17-21-13)11-2-3-20-9-11/h2-5,9,12H,6-8H2,1H3. The topological polar surface area (TPSA) is 73.1 Å². The van der Waals surface area contributed by atoms with Crippen LogP contribution in [-0.2, 0) is 6.54 Å². The third-order valence-corrected chi connectivity index (χ3v) is 3.65. The van der Waals surface area contributed by atoms with Gasteiger partial charge in [0.1, 0.15) is 6.26 Å². The fourth-order valence-electron chi connectivity index (χ4n) is 2.49. The summed E-state index contributed by atoms with van der Waals surface area (Å²) in [6.45, 7) is 4.62. The number of hydrogen-bond acceptors (Lipinski definition) is 6. The molecule has 1 aliphatic heterocycles. The van der Waals surface area contributed by atoms with Crippen LogP contribution in [0.3, 0.4) is 0 Å². The lowest BCUT2D eigenvalue weighted by Crippen LogP contribution is -2.47. The minimum atomic E-state index is 0.440. The van der Waals surface area contributed by atoms with E-state index in [0.29, 0.717) is 24.3 Å². The van der Waals surface area contributed by atoms with E-state index >= 15 is 0 Å². The first-order valence-corrected chi connectivity index (χ1v) is 6.86. The van der Waals surface area contributed by atoms with E-state index in [1.54, 1.807) is 12.5 Å². The molecule has 3 aromatic rings. The van der Waals surface area contributed by atoms with Crippen LogP contribution in [0.5, 0.6) is 0 Å². The second kappa shape index (κ2) is 4.85. The van der Waals surface area contributed by atoms with Gasteiger partial charge in [0.2, 0.25) is 11.7 Å². The van der Waals surface area contributed by atoms with Crippen molar-refractivity contribution < 1.29 is 8.94 Å². The van der Waals surface area contributed by atoms with Gasteiger partial charge in [-0.25, -0.2) is 0 Å². The number of furan rings is 1. The average molecular weight is 285 g/mol. The molecule has 0 spiro atoms. The van der Waals surface area contributed by atoms with Gasteiger partial charge in [-0.3, -0.25) is 9.58 Å². The van der Waals surface area contributed by atoms with Crippen molar-refractivity contribution >= 4 is 0 Å². The molecular formula is C14H15N5O2. The van der Waals surface area contributed by atoms with Gasteiger partial charge in [0.25, 0.3) is 0 Å². The molecule has 0 bridgehead atoms. The van der Waals surface area contributed by atoms with Gasteiger partial charge in [0.05, 0.1) is 30.6 Å². The van der Waals surface area contributed by atoms with Crippen LogP contribution in [0.15, 0.2) is 39.9 Å². The molecule has 0 saturated carbocycles. The van der Waals surface area contributed by atoms with E-state index in [0.717, 1.165) is 18.7 Å². The zero-order valence-electron chi connectivity index (χ0n) is 11.6. The van der Waals surface area contributed by atoms with Crippen LogP contribution < -0.4 is 0 Å². The van der Waals surface area contributed by atoms with E-state index in [9.17, 15) is 0 Å². The molecule has 108 valence electrons. The van der Waals surface area contributed by atoms with Gasteiger partial charge in [-0.15, -0.1) is 0 Å². The van der Waals surface area contributed by atoms with Crippen molar-refractivity contribution in [3.8, 4) is 11.4 Å². The molecular weight excluding hydrogens is 270 g/mol. The van der Waals surface area contributed by atoms with Crippen molar-refractivity contribution in [1.82, 2.24) is 24.8 Å². The fraction of sp³-hybridized carbons (Fsp3) is 0.357. The van der Waals surface area contributed by atoms with E-state index < -0.39 is 0 Å². The molecule has 0 aliphatic carbocycles. The second-order valence-electron chi connectivity index (χ2n) is 5.37. The quantitative estimate of drug-likeness (QED) is 0.729. The van der Waals surface area contributed by atoms with Gasteiger partial charge in [-0.05, 0) is 18.6 Å². The largest absolute Gasteiger partial charge is 0.472 e. The molecule has 4 rings (SSSR count). The summed E-state index contributed by atoms with van der Waals surface area (Å²) in [5.41, 5.74) is 2.02. The molecule has 0 radical (unpaired) electrons. The Morgan fingerprint density at radius 3 is 3.00 bits per heavy atom. The summed E-state index contributed by atoms with van der Waals surface area (Å²) in [5, 5.41) is 8.31. The minimum absolute atomic E-state index is 0.440. The van der Waals surface area contributed by atoms with Crippen LogP contribution >= 0.6 is 0 Å². The summed E-state index contributed by atoms with van der Waals surface area (Å²) in [6.07, 6.45) is 7.16. The number of nitrogens with zero attached hydrogens (tertiary/aromatic N) is 5. The maximum absolute atomic E-state index is 5.27.